The molecular formula is C19H24N4O3S. The van der Waals surface area contributed by atoms with Gasteiger partial charge >= 0.3 is 0 Å². The van der Waals surface area contributed by atoms with Gasteiger partial charge in [0.2, 0.25) is 16.9 Å². The van der Waals surface area contributed by atoms with Crippen molar-refractivity contribution in [2.24, 2.45) is 0 Å². The minimum Gasteiger partial charge on any atom is -0.381 e. The Labute approximate surface area is 162 Å². The number of ether oxygens (including phenoxy) is 1. The van der Waals surface area contributed by atoms with Crippen LogP contribution in [-0.4, -0.2) is 41.8 Å². The van der Waals surface area contributed by atoms with Gasteiger partial charge < -0.3 is 15.0 Å². The van der Waals surface area contributed by atoms with Crippen LogP contribution in [0.25, 0.3) is 0 Å². The molecule has 1 aromatic carbocycles. The molecule has 0 aliphatic carbocycles. The maximum absolute atomic E-state index is 12.6. The summed E-state index contributed by atoms with van der Waals surface area (Å²) in [5.74, 6) is -0.0560. The highest BCUT2D eigenvalue weighted by Gasteiger charge is 2.34. The van der Waals surface area contributed by atoms with Gasteiger partial charge in [0, 0.05) is 31.2 Å². The number of carbonyl (C=O) groups excluding carboxylic acids is 2. The first-order chi connectivity index (χ1) is 13.1. The van der Waals surface area contributed by atoms with Crippen LogP contribution in [0.15, 0.2) is 24.3 Å². The van der Waals surface area contributed by atoms with Crippen molar-refractivity contribution in [3.8, 4) is 0 Å². The van der Waals surface area contributed by atoms with E-state index in [-0.39, 0.29) is 24.2 Å². The summed E-state index contributed by atoms with van der Waals surface area (Å²) in [4.78, 5) is 26.3. The first-order valence-electron chi connectivity index (χ1n) is 9.21. The van der Waals surface area contributed by atoms with Gasteiger partial charge in [0.25, 0.3) is 0 Å². The summed E-state index contributed by atoms with van der Waals surface area (Å²) < 4.78 is 5.18. The summed E-state index contributed by atoms with van der Waals surface area (Å²) in [5.41, 5.74) is 2.13. The number of nitrogens with one attached hydrogen (secondary N) is 1. The van der Waals surface area contributed by atoms with Crippen LogP contribution in [0.4, 0.5) is 10.8 Å². The monoisotopic (exact) mass is 388 g/mol. The second kappa shape index (κ2) is 9.05. The van der Waals surface area contributed by atoms with Crippen molar-refractivity contribution in [1.29, 1.82) is 0 Å². The highest BCUT2D eigenvalue weighted by molar-refractivity contribution is 7.15. The van der Waals surface area contributed by atoms with Crippen molar-refractivity contribution >= 4 is 34.0 Å². The lowest BCUT2D eigenvalue weighted by molar-refractivity contribution is -0.118. The Bertz CT molecular complexity index is 808. The molecule has 144 valence electrons. The summed E-state index contributed by atoms with van der Waals surface area (Å²) >= 11 is 1.33. The molecule has 2 heterocycles. The van der Waals surface area contributed by atoms with E-state index >= 15 is 0 Å². The van der Waals surface area contributed by atoms with Gasteiger partial charge in [-0.25, -0.2) is 0 Å². The van der Waals surface area contributed by atoms with Gasteiger partial charge in [-0.2, -0.15) is 0 Å². The van der Waals surface area contributed by atoms with Crippen LogP contribution >= 0.6 is 11.3 Å². The Kier molecular flexibility index (Phi) is 6.52. The maximum atomic E-state index is 12.6. The third kappa shape index (κ3) is 4.70. The van der Waals surface area contributed by atoms with Crippen LogP contribution in [0.1, 0.15) is 43.2 Å². The Balaban J connectivity index is 1.64. The zero-order chi connectivity index (χ0) is 19.2. The average molecular weight is 388 g/mol. The van der Waals surface area contributed by atoms with E-state index in [1.54, 1.807) is 0 Å². The largest absolute Gasteiger partial charge is 0.381 e. The first-order valence-corrected chi connectivity index (χ1v) is 10.0. The predicted molar refractivity (Wildman–Crippen MR) is 105 cm³/mol. The van der Waals surface area contributed by atoms with Gasteiger partial charge in [-0.1, -0.05) is 36.5 Å². The van der Waals surface area contributed by atoms with Crippen LogP contribution < -0.4 is 10.2 Å². The van der Waals surface area contributed by atoms with Crippen LogP contribution in [0.3, 0.4) is 0 Å². The van der Waals surface area contributed by atoms with Crippen molar-refractivity contribution < 1.29 is 14.3 Å². The van der Waals surface area contributed by atoms with Crippen molar-refractivity contribution in [3.05, 3.63) is 34.8 Å². The molecule has 0 bridgehead atoms. The Morgan fingerprint density at radius 3 is 2.93 bits per heavy atom. The van der Waals surface area contributed by atoms with Crippen LogP contribution in [-0.2, 0) is 20.7 Å². The second-order valence-corrected chi connectivity index (χ2v) is 7.34. The number of aromatic nitrogens is 2. The van der Waals surface area contributed by atoms with Crippen LogP contribution in [0.5, 0.6) is 0 Å². The molecule has 1 unspecified atom stereocenters. The van der Waals surface area contributed by atoms with Gasteiger partial charge in [0.05, 0.1) is 13.0 Å². The second-order valence-electron chi connectivity index (χ2n) is 6.33. The minimum atomic E-state index is -0.146. The van der Waals surface area contributed by atoms with E-state index in [2.05, 4.69) is 28.5 Å². The van der Waals surface area contributed by atoms with Crippen molar-refractivity contribution in [2.75, 3.05) is 30.0 Å². The van der Waals surface area contributed by atoms with Crippen molar-refractivity contribution in [3.63, 3.8) is 0 Å². The highest BCUT2D eigenvalue weighted by Crippen LogP contribution is 2.35. The zero-order valence-electron chi connectivity index (χ0n) is 15.6. The number of anilines is 2. The molecule has 2 aromatic rings. The van der Waals surface area contributed by atoms with E-state index in [1.807, 2.05) is 30.0 Å². The fraction of sp³-hybridized carbons (Fsp3) is 0.474. The Morgan fingerprint density at radius 2 is 2.15 bits per heavy atom. The van der Waals surface area contributed by atoms with E-state index in [9.17, 15) is 9.59 Å². The lowest BCUT2D eigenvalue weighted by Crippen LogP contribution is -2.25. The molecule has 1 aliphatic heterocycles. The van der Waals surface area contributed by atoms with E-state index < -0.39 is 0 Å². The van der Waals surface area contributed by atoms with Gasteiger partial charge in [0.1, 0.15) is 5.01 Å². The molecular weight excluding hydrogens is 364 g/mol. The molecule has 0 saturated carbocycles. The van der Waals surface area contributed by atoms with Crippen LogP contribution in [0, 0.1) is 0 Å². The number of rotatable bonds is 8. The number of hydrogen-bond acceptors (Lipinski definition) is 6. The number of aryl methyl sites for hydroxylation is 1. The average Bonchev–Trinajstić information content (AvgIpc) is 3.28. The zero-order valence-corrected chi connectivity index (χ0v) is 16.4. The standard InChI is InChI=1S/C19H24N4O3S/c1-3-13-7-5-6-8-15(13)23-12-14(11-17(23)25)18-21-22-19(27-18)20-16(24)9-10-26-4-2/h5-8,14H,3-4,9-12H2,1-2H3,(H,20,22,24). The molecule has 1 saturated heterocycles. The molecule has 27 heavy (non-hydrogen) atoms. The number of nitrogens with zero attached hydrogens (tertiary/aromatic N) is 3. The van der Waals surface area contributed by atoms with Gasteiger partial charge in [-0.3, -0.25) is 9.59 Å². The molecule has 1 aliphatic rings. The molecule has 1 aromatic heterocycles. The molecule has 0 radical (unpaired) electrons. The number of para-hydroxylation sites is 1. The molecule has 8 heteroatoms. The van der Waals surface area contributed by atoms with Crippen molar-refractivity contribution in [2.45, 2.75) is 39.0 Å². The van der Waals surface area contributed by atoms with E-state index in [0.29, 0.717) is 31.3 Å². The first kappa shape index (κ1) is 19.4. The summed E-state index contributed by atoms with van der Waals surface area (Å²) in [6.45, 7) is 5.53. The van der Waals surface area contributed by atoms with E-state index in [0.717, 1.165) is 22.7 Å². The lowest BCUT2D eigenvalue weighted by Gasteiger charge is -2.19. The highest BCUT2D eigenvalue weighted by atomic mass is 32.1. The van der Waals surface area contributed by atoms with E-state index in [4.69, 9.17) is 4.74 Å². The molecule has 7 nitrogen and oxygen atoms in total. The topological polar surface area (TPSA) is 84.4 Å². The predicted octanol–water partition coefficient (Wildman–Crippen LogP) is 2.99. The molecule has 1 N–H and O–H groups in total. The Morgan fingerprint density at radius 1 is 1.33 bits per heavy atom. The Hall–Kier alpha value is -2.32. The third-order valence-electron chi connectivity index (χ3n) is 4.50. The van der Waals surface area contributed by atoms with E-state index in [1.165, 1.54) is 11.3 Å². The summed E-state index contributed by atoms with van der Waals surface area (Å²) in [6, 6.07) is 7.99. The lowest BCUT2D eigenvalue weighted by atomic mass is 10.1. The minimum absolute atomic E-state index is 0.00557. The third-order valence-corrected chi connectivity index (χ3v) is 5.50. The fourth-order valence-electron chi connectivity index (χ4n) is 3.12. The number of hydrogen-bond donors (Lipinski definition) is 1. The summed E-state index contributed by atoms with van der Waals surface area (Å²) in [7, 11) is 0. The van der Waals surface area contributed by atoms with Crippen molar-refractivity contribution in [1.82, 2.24) is 10.2 Å². The molecule has 2 amide bonds. The summed E-state index contributed by atoms with van der Waals surface area (Å²) in [5, 5.41) is 12.2. The van der Waals surface area contributed by atoms with Crippen LogP contribution in [0.2, 0.25) is 0 Å². The SMILES string of the molecule is CCOCCC(=O)Nc1nnc(C2CC(=O)N(c3ccccc3CC)C2)s1. The summed E-state index contributed by atoms with van der Waals surface area (Å²) in [6.07, 6.45) is 1.57. The van der Waals surface area contributed by atoms with Gasteiger partial charge in [0.15, 0.2) is 0 Å². The number of carbonyl (C=O) groups is 2. The quantitative estimate of drug-likeness (QED) is 0.703. The fourth-order valence-corrected chi connectivity index (χ4v) is 3.97. The molecule has 1 atom stereocenters. The molecule has 0 spiro atoms. The van der Waals surface area contributed by atoms with Gasteiger partial charge in [-0.05, 0) is 25.0 Å². The molecule has 1 fully saturated rings. The normalized spacial score (nSPS) is 16.7. The van der Waals surface area contributed by atoms with Gasteiger partial charge in [-0.15, -0.1) is 10.2 Å². The smallest absolute Gasteiger partial charge is 0.228 e. The number of benzene rings is 1. The maximum Gasteiger partial charge on any atom is 0.228 e. The number of amides is 2. The molecule has 3 rings (SSSR count).